The van der Waals surface area contributed by atoms with Crippen molar-refractivity contribution >= 4 is 32.7 Å². The minimum atomic E-state index is -3.43. The Labute approximate surface area is 121 Å². The van der Waals surface area contributed by atoms with E-state index in [9.17, 15) is 8.42 Å². The molecule has 0 aromatic carbocycles. The molecule has 1 atom stereocenters. The number of nitrogens with one attached hydrogen (secondary N) is 1. The van der Waals surface area contributed by atoms with Crippen molar-refractivity contribution in [3.63, 3.8) is 0 Å². The molecule has 7 heteroatoms. The molecule has 0 aliphatic carbocycles. The van der Waals surface area contributed by atoms with Crippen LogP contribution in [0.2, 0.25) is 0 Å². The fourth-order valence-electron chi connectivity index (χ4n) is 1.70. The molecule has 0 aliphatic rings. The smallest absolute Gasteiger partial charge is 0.250 e. The average Bonchev–Trinajstić information content (AvgIpc) is 2.97. The Kier molecular flexibility index (Phi) is 4.75. The van der Waals surface area contributed by atoms with E-state index in [1.165, 1.54) is 16.2 Å². The van der Waals surface area contributed by atoms with Crippen molar-refractivity contribution in [2.45, 2.75) is 30.1 Å². The minimum absolute atomic E-state index is 0.132. The van der Waals surface area contributed by atoms with E-state index < -0.39 is 10.0 Å². The van der Waals surface area contributed by atoms with E-state index >= 15 is 0 Å². The van der Waals surface area contributed by atoms with Crippen LogP contribution in [0.1, 0.15) is 17.4 Å². The van der Waals surface area contributed by atoms with Gasteiger partial charge in [0.15, 0.2) is 0 Å². The fourth-order valence-corrected chi connectivity index (χ4v) is 5.01. The number of sulfonamides is 1. The lowest BCUT2D eigenvalue weighted by Crippen LogP contribution is -2.33. The van der Waals surface area contributed by atoms with Gasteiger partial charge in [0.2, 0.25) is 10.0 Å². The summed E-state index contributed by atoms with van der Waals surface area (Å²) in [6, 6.07) is 5.47. The van der Waals surface area contributed by atoms with Gasteiger partial charge in [0.25, 0.3) is 0 Å². The molecule has 0 spiro atoms. The Morgan fingerprint density at radius 3 is 2.79 bits per heavy atom. The maximum Gasteiger partial charge on any atom is 0.250 e. The summed E-state index contributed by atoms with van der Waals surface area (Å²) in [5.41, 5.74) is 6.33. The highest BCUT2D eigenvalue weighted by molar-refractivity contribution is 7.91. The van der Waals surface area contributed by atoms with Crippen LogP contribution in [0.5, 0.6) is 0 Å². The first-order valence-electron chi connectivity index (χ1n) is 5.83. The lowest BCUT2D eigenvalue weighted by Gasteiger charge is -2.12. The van der Waals surface area contributed by atoms with Crippen molar-refractivity contribution in [3.8, 4) is 0 Å². The Hall–Kier alpha value is -0.730. The summed E-state index contributed by atoms with van der Waals surface area (Å²) < 4.78 is 27.3. The molecule has 19 heavy (non-hydrogen) atoms. The van der Waals surface area contributed by atoms with Crippen molar-refractivity contribution < 1.29 is 8.42 Å². The van der Waals surface area contributed by atoms with Crippen LogP contribution < -0.4 is 10.5 Å². The predicted octanol–water partition coefficient (Wildman–Crippen LogP) is 2.18. The third-order valence-corrected chi connectivity index (χ3v) is 6.55. The summed E-state index contributed by atoms with van der Waals surface area (Å²) in [7, 11) is -3.43. The van der Waals surface area contributed by atoms with E-state index in [1.54, 1.807) is 22.8 Å². The second-order valence-electron chi connectivity index (χ2n) is 4.28. The first kappa shape index (κ1) is 14.7. The number of hydrogen-bond donors (Lipinski definition) is 2. The molecule has 2 heterocycles. The van der Waals surface area contributed by atoms with Gasteiger partial charge in [-0.3, -0.25) is 0 Å². The third-order valence-electron chi connectivity index (χ3n) is 2.57. The molecule has 104 valence electrons. The maximum absolute atomic E-state index is 12.2. The van der Waals surface area contributed by atoms with Crippen LogP contribution in [-0.2, 0) is 23.0 Å². The zero-order chi connectivity index (χ0) is 13.9. The molecule has 0 aliphatic heterocycles. The first-order valence-corrected chi connectivity index (χ1v) is 9.07. The standard InChI is InChI=1S/C12H16N2O2S3/c1-9(5-11-3-2-4-17-11)14-19(15,16)12-6-10(7-13)8-18-12/h2-4,6,8-9,14H,5,7,13H2,1H3. The second-order valence-corrected chi connectivity index (χ2v) is 8.17. The Morgan fingerprint density at radius 2 is 2.21 bits per heavy atom. The Bertz CT molecular complexity index is 617. The van der Waals surface area contributed by atoms with Gasteiger partial charge < -0.3 is 5.73 Å². The van der Waals surface area contributed by atoms with E-state index in [1.807, 2.05) is 24.4 Å². The van der Waals surface area contributed by atoms with Gasteiger partial charge in [-0.2, -0.15) is 0 Å². The van der Waals surface area contributed by atoms with Gasteiger partial charge >= 0.3 is 0 Å². The summed E-state index contributed by atoms with van der Waals surface area (Å²) in [4.78, 5) is 1.17. The van der Waals surface area contributed by atoms with Crippen LogP contribution in [0.3, 0.4) is 0 Å². The molecule has 0 saturated carbocycles. The molecular weight excluding hydrogens is 300 g/mol. The largest absolute Gasteiger partial charge is 0.326 e. The summed E-state index contributed by atoms with van der Waals surface area (Å²) >= 11 is 2.84. The highest BCUT2D eigenvalue weighted by Crippen LogP contribution is 2.20. The summed E-state index contributed by atoms with van der Waals surface area (Å²) in [6.07, 6.45) is 0.700. The van der Waals surface area contributed by atoms with Crippen molar-refractivity contribution in [1.82, 2.24) is 4.72 Å². The quantitative estimate of drug-likeness (QED) is 0.858. The molecular formula is C12H16N2O2S3. The molecule has 1 unspecified atom stereocenters. The summed E-state index contributed by atoms with van der Waals surface area (Å²) in [6.45, 7) is 2.23. The molecule has 2 aromatic rings. The normalized spacial score (nSPS) is 13.6. The Balaban J connectivity index is 2.04. The molecule has 0 radical (unpaired) electrons. The molecule has 4 nitrogen and oxygen atoms in total. The fraction of sp³-hybridized carbons (Fsp3) is 0.333. The Morgan fingerprint density at radius 1 is 1.42 bits per heavy atom. The highest BCUT2D eigenvalue weighted by atomic mass is 32.2. The number of rotatable bonds is 6. The second kappa shape index (κ2) is 6.15. The van der Waals surface area contributed by atoms with Gasteiger partial charge in [-0.1, -0.05) is 6.07 Å². The van der Waals surface area contributed by atoms with Gasteiger partial charge in [-0.15, -0.1) is 22.7 Å². The summed E-state index contributed by atoms with van der Waals surface area (Å²) in [5.74, 6) is 0. The van der Waals surface area contributed by atoms with Crippen LogP contribution >= 0.6 is 22.7 Å². The zero-order valence-corrected chi connectivity index (χ0v) is 12.9. The van der Waals surface area contributed by atoms with Crippen molar-refractivity contribution in [2.24, 2.45) is 5.73 Å². The number of hydrogen-bond acceptors (Lipinski definition) is 5. The van der Waals surface area contributed by atoms with Gasteiger partial charge in [-0.25, -0.2) is 13.1 Å². The number of nitrogens with two attached hydrogens (primary N) is 1. The van der Waals surface area contributed by atoms with E-state index in [-0.39, 0.29) is 6.04 Å². The SMILES string of the molecule is CC(Cc1cccs1)NS(=O)(=O)c1cc(CN)cs1. The molecule has 2 aromatic heterocycles. The monoisotopic (exact) mass is 316 g/mol. The molecule has 2 rings (SSSR count). The maximum atomic E-state index is 12.2. The number of thiophene rings is 2. The van der Waals surface area contributed by atoms with Gasteiger partial charge in [-0.05, 0) is 41.8 Å². The van der Waals surface area contributed by atoms with Crippen LogP contribution in [0.4, 0.5) is 0 Å². The zero-order valence-electron chi connectivity index (χ0n) is 10.5. The van der Waals surface area contributed by atoms with Gasteiger partial charge in [0.1, 0.15) is 4.21 Å². The molecule has 3 N–H and O–H groups in total. The van der Waals surface area contributed by atoms with E-state index in [4.69, 9.17) is 5.73 Å². The average molecular weight is 316 g/mol. The van der Waals surface area contributed by atoms with Crippen molar-refractivity contribution in [1.29, 1.82) is 0 Å². The van der Waals surface area contributed by atoms with Crippen LogP contribution in [-0.4, -0.2) is 14.5 Å². The minimum Gasteiger partial charge on any atom is -0.326 e. The van der Waals surface area contributed by atoms with Crippen LogP contribution in [0.15, 0.2) is 33.2 Å². The van der Waals surface area contributed by atoms with Crippen LogP contribution in [0.25, 0.3) is 0 Å². The first-order chi connectivity index (χ1) is 9.01. The van der Waals surface area contributed by atoms with Gasteiger partial charge in [0.05, 0.1) is 0 Å². The van der Waals surface area contributed by atoms with E-state index in [2.05, 4.69) is 4.72 Å². The predicted molar refractivity (Wildman–Crippen MR) is 80.0 cm³/mol. The van der Waals surface area contributed by atoms with Crippen molar-refractivity contribution in [3.05, 3.63) is 39.4 Å². The third kappa shape index (κ3) is 3.87. The molecule has 0 amide bonds. The molecule has 0 saturated heterocycles. The lowest BCUT2D eigenvalue weighted by atomic mass is 10.2. The highest BCUT2D eigenvalue weighted by Gasteiger charge is 2.19. The van der Waals surface area contributed by atoms with E-state index in [0.717, 1.165) is 5.56 Å². The lowest BCUT2D eigenvalue weighted by molar-refractivity contribution is 0.562. The van der Waals surface area contributed by atoms with Crippen molar-refractivity contribution in [2.75, 3.05) is 0 Å². The topological polar surface area (TPSA) is 72.2 Å². The van der Waals surface area contributed by atoms with Gasteiger partial charge in [0, 0.05) is 17.5 Å². The molecule has 0 bridgehead atoms. The molecule has 0 fully saturated rings. The van der Waals surface area contributed by atoms with Crippen LogP contribution in [0, 0.1) is 0 Å². The van der Waals surface area contributed by atoms with E-state index in [0.29, 0.717) is 17.2 Å². The summed E-state index contributed by atoms with van der Waals surface area (Å²) in [5, 5.41) is 3.77.